The number of hydrogen-bond acceptors (Lipinski definition) is 4. The van der Waals surface area contributed by atoms with Gasteiger partial charge in [-0.1, -0.05) is 18.2 Å². The van der Waals surface area contributed by atoms with Crippen molar-refractivity contribution in [2.75, 3.05) is 13.1 Å². The molecule has 3 rings (SSSR count). The number of likely N-dealkylation sites (tertiary alicyclic amines) is 1. The highest BCUT2D eigenvalue weighted by molar-refractivity contribution is 7.07. The van der Waals surface area contributed by atoms with Gasteiger partial charge in [0.05, 0.1) is 4.53 Å². The standard InChI is InChI=1S/C18H16FN3O2S/c1-21-17(24)15(10-12-6-2-3-7-14(12)19)25-18(21)13(11-20)16(23)22-8-4-5-9-22/h2-3,6-7,10H,4-5,8-9H2,1H3/b15-10-,18-13+. The van der Waals surface area contributed by atoms with E-state index in [1.54, 1.807) is 23.1 Å². The van der Waals surface area contributed by atoms with Gasteiger partial charge >= 0.3 is 0 Å². The maximum absolute atomic E-state index is 13.8. The molecule has 2 heterocycles. The molecule has 7 heteroatoms. The summed E-state index contributed by atoms with van der Waals surface area (Å²) in [7, 11) is 1.52. The van der Waals surface area contributed by atoms with Crippen LogP contribution >= 0.6 is 11.3 Å². The summed E-state index contributed by atoms with van der Waals surface area (Å²) >= 11 is 1.03. The van der Waals surface area contributed by atoms with Crippen LogP contribution in [0.3, 0.4) is 0 Å². The molecule has 0 unspecified atom stereocenters. The lowest BCUT2D eigenvalue weighted by molar-refractivity contribution is -0.123. The van der Waals surface area contributed by atoms with Crippen LogP contribution in [0.5, 0.6) is 0 Å². The van der Waals surface area contributed by atoms with E-state index in [1.165, 1.54) is 23.8 Å². The third-order valence-electron chi connectivity index (χ3n) is 4.15. The number of halogens is 1. The molecule has 0 spiro atoms. The maximum Gasteiger partial charge on any atom is 0.268 e. The maximum atomic E-state index is 13.8. The average Bonchev–Trinajstić information content (AvgIpc) is 3.23. The quantitative estimate of drug-likeness (QED) is 0.795. The number of benzene rings is 1. The van der Waals surface area contributed by atoms with Crippen molar-refractivity contribution in [2.24, 2.45) is 7.05 Å². The van der Waals surface area contributed by atoms with E-state index in [2.05, 4.69) is 0 Å². The van der Waals surface area contributed by atoms with Gasteiger partial charge in [-0.3, -0.25) is 9.59 Å². The number of carbonyl (C=O) groups excluding carboxylic acids is 1. The van der Waals surface area contributed by atoms with E-state index in [0.29, 0.717) is 17.8 Å². The molecule has 1 saturated heterocycles. The zero-order valence-electron chi connectivity index (χ0n) is 13.7. The summed E-state index contributed by atoms with van der Waals surface area (Å²) in [5, 5.41) is 9.46. The monoisotopic (exact) mass is 357 g/mol. The fourth-order valence-corrected chi connectivity index (χ4v) is 3.86. The molecule has 1 amide bonds. The van der Waals surface area contributed by atoms with Crippen LogP contribution in [-0.2, 0) is 11.8 Å². The second-order valence-corrected chi connectivity index (χ2v) is 6.82. The third kappa shape index (κ3) is 3.26. The van der Waals surface area contributed by atoms with Crippen LogP contribution in [0, 0.1) is 17.1 Å². The van der Waals surface area contributed by atoms with Crippen molar-refractivity contribution in [3.63, 3.8) is 0 Å². The fraction of sp³-hybridized carbons (Fsp3) is 0.278. The number of hydrogen-bond donors (Lipinski definition) is 0. The van der Waals surface area contributed by atoms with Gasteiger partial charge in [0.1, 0.15) is 16.5 Å². The van der Waals surface area contributed by atoms with Gasteiger partial charge in [0.15, 0.2) is 5.57 Å². The van der Waals surface area contributed by atoms with Gasteiger partial charge in [0, 0.05) is 25.7 Å². The lowest BCUT2D eigenvalue weighted by Gasteiger charge is -2.13. The minimum Gasteiger partial charge on any atom is -0.338 e. The minimum atomic E-state index is -0.433. The highest BCUT2D eigenvalue weighted by atomic mass is 32.1. The van der Waals surface area contributed by atoms with Gasteiger partial charge in [-0.2, -0.15) is 5.26 Å². The number of nitriles is 1. The van der Waals surface area contributed by atoms with Gasteiger partial charge in [-0.15, -0.1) is 11.3 Å². The molecule has 0 bridgehead atoms. The van der Waals surface area contributed by atoms with Crippen LogP contribution in [-0.4, -0.2) is 28.5 Å². The molecule has 1 aromatic carbocycles. The highest BCUT2D eigenvalue weighted by Gasteiger charge is 2.23. The third-order valence-corrected chi connectivity index (χ3v) is 5.34. The van der Waals surface area contributed by atoms with E-state index in [4.69, 9.17) is 0 Å². The van der Waals surface area contributed by atoms with Crippen LogP contribution in [0.1, 0.15) is 18.4 Å². The topological polar surface area (TPSA) is 66.1 Å². The first kappa shape index (κ1) is 17.1. The van der Waals surface area contributed by atoms with Crippen molar-refractivity contribution >= 4 is 28.9 Å². The Labute approximate surface area is 147 Å². The molecular weight excluding hydrogens is 341 g/mol. The Kier molecular flexibility index (Phi) is 4.81. The van der Waals surface area contributed by atoms with Crippen molar-refractivity contribution in [2.45, 2.75) is 12.8 Å². The summed E-state index contributed by atoms with van der Waals surface area (Å²) in [5.74, 6) is -0.786. The number of thiazole rings is 1. The molecule has 2 aromatic rings. The normalized spacial score (nSPS) is 16.0. The van der Waals surface area contributed by atoms with Crippen molar-refractivity contribution < 1.29 is 9.18 Å². The van der Waals surface area contributed by atoms with Gasteiger partial charge < -0.3 is 9.47 Å². The van der Waals surface area contributed by atoms with Crippen molar-refractivity contribution in [3.8, 4) is 6.07 Å². The van der Waals surface area contributed by atoms with Crippen LogP contribution in [0.2, 0.25) is 0 Å². The molecule has 1 aliphatic heterocycles. The zero-order valence-corrected chi connectivity index (χ0v) is 14.5. The summed E-state index contributed by atoms with van der Waals surface area (Å²) in [4.78, 5) is 26.6. The molecule has 0 radical (unpaired) electrons. The zero-order chi connectivity index (χ0) is 18.0. The van der Waals surface area contributed by atoms with Crippen molar-refractivity contribution in [1.82, 2.24) is 9.47 Å². The number of amides is 1. The molecule has 0 aliphatic carbocycles. The molecule has 0 saturated carbocycles. The fourth-order valence-electron chi connectivity index (χ4n) is 2.78. The minimum absolute atomic E-state index is 0.0420. The summed E-state index contributed by atoms with van der Waals surface area (Å²) in [6.07, 6.45) is 3.28. The Morgan fingerprint density at radius 3 is 2.64 bits per heavy atom. The summed E-state index contributed by atoms with van der Waals surface area (Å²) < 4.78 is 15.7. The Bertz CT molecular complexity index is 1040. The van der Waals surface area contributed by atoms with Crippen LogP contribution in [0.25, 0.3) is 11.6 Å². The number of carbonyl (C=O) groups is 1. The van der Waals surface area contributed by atoms with E-state index in [9.17, 15) is 19.2 Å². The second kappa shape index (κ2) is 7.03. The first-order valence-electron chi connectivity index (χ1n) is 7.88. The number of rotatable bonds is 2. The second-order valence-electron chi connectivity index (χ2n) is 5.79. The molecule has 128 valence electrons. The predicted molar refractivity (Wildman–Crippen MR) is 93.6 cm³/mol. The lowest BCUT2D eigenvalue weighted by atomic mass is 10.2. The first-order valence-corrected chi connectivity index (χ1v) is 8.70. The largest absolute Gasteiger partial charge is 0.338 e. The Morgan fingerprint density at radius 1 is 1.32 bits per heavy atom. The van der Waals surface area contributed by atoms with Crippen LogP contribution in [0.15, 0.2) is 29.1 Å². The van der Waals surface area contributed by atoms with Crippen molar-refractivity contribution in [3.05, 3.63) is 55.2 Å². The number of nitrogens with zero attached hydrogens (tertiary/aromatic N) is 3. The molecule has 0 atom stereocenters. The predicted octanol–water partition coefficient (Wildman–Crippen LogP) is 0.711. The smallest absolute Gasteiger partial charge is 0.268 e. The molecule has 1 aliphatic rings. The van der Waals surface area contributed by atoms with E-state index in [0.717, 1.165) is 24.2 Å². The molecule has 1 aromatic heterocycles. The average molecular weight is 357 g/mol. The van der Waals surface area contributed by atoms with Gasteiger partial charge in [-0.25, -0.2) is 4.39 Å². The Balaban J connectivity index is 2.18. The molecule has 25 heavy (non-hydrogen) atoms. The Hall–Kier alpha value is -2.72. The summed E-state index contributed by atoms with van der Waals surface area (Å²) in [6.45, 7) is 1.25. The highest BCUT2D eigenvalue weighted by Crippen LogP contribution is 2.11. The van der Waals surface area contributed by atoms with E-state index < -0.39 is 5.82 Å². The van der Waals surface area contributed by atoms with E-state index >= 15 is 0 Å². The summed E-state index contributed by atoms with van der Waals surface area (Å²) in [5.41, 5.74) is -0.109. The molecule has 0 N–H and O–H groups in total. The van der Waals surface area contributed by atoms with Crippen molar-refractivity contribution in [1.29, 1.82) is 5.26 Å². The Morgan fingerprint density at radius 2 is 2.00 bits per heavy atom. The molecule has 5 nitrogen and oxygen atoms in total. The van der Waals surface area contributed by atoms with E-state index in [1.807, 2.05) is 6.07 Å². The lowest BCUT2D eigenvalue weighted by Crippen LogP contribution is -2.34. The molecule has 1 fully saturated rings. The van der Waals surface area contributed by atoms with E-state index in [-0.39, 0.29) is 27.1 Å². The summed E-state index contributed by atoms with van der Waals surface area (Å²) in [6, 6.07) is 8.07. The first-order chi connectivity index (χ1) is 12.0. The SMILES string of the molecule is Cn1c(=O)/c(=C/c2ccccc2F)s/c1=C(\C#N)C(=O)N1CCCC1. The van der Waals surface area contributed by atoms with Crippen LogP contribution < -0.4 is 14.8 Å². The molecular formula is C18H16FN3O2S. The van der Waals surface area contributed by atoms with Crippen LogP contribution in [0.4, 0.5) is 4.39 Å². The van der Waals surface area contributed by atoms with Gasteiger partial charge in [-0.05, 0) is 25.0 Å². The number of aromatic nitrogens is 1. The van der Waals surface area contributed by atoms with Gasteiger partial charge in [0.25, 0.3) is 11.5 Å². The van der Waals surface area contributed by atoms with Gasteiger partial charge in [0.2, 0.25) is 0 Å².